The number of carbonyl (C=O) groups excluding carboxylic acids is 1. The lowest BCUT2D eigenvalue weighted by atomic mass is 10.2. The maximum Gasteiger partial charge on any atom is 0.272 e. The van der Waals surface area contributed by atoms with Crippen LogP contribution in [0.1, 0.15) is 23.0 Å². The van der Waals surface area contributed by atoms with Crippen molar-refractivity contribution in [1.29, 1.82) is 5.26 Å². The highest BCUT2D eigenvalue weighted by Gasteiger charge is 2.14. The van der Waals surface area contributed by atoms with Crippen molar-refractivity contribution < 1.29 is 9.18 Å². The number of benzene rings is 1. The number of hydrogen-bond acceptors (Lipinski definition) is 2. The Bertz CT molecular complexity index is 703. The van der Waals surface area contributed by atoms with E-state index in [-0.39, 0.29) is 11.3 Å². The van der Waals surface area contributed by atoms with Gasteiger partial charge in [-0.25, -0.2) is 4.39 Å². The van der Waals surface area contributed by atoms with Gasteiger partial charge in [0.1, 0.15) is 11.5 Å². The molecule has 2 rings (SSSR count). The fourth-order valence-corrected chi connectivity index (χ4v) is 2.26. The maximum atomic E-state index is 13.7. The quantitative estimate of drug-likeness (QED) is 0.932. The van der Waals surface area contributed by atoms with E-state index in [1.807, 2.05) is 13.0 Å². The van der Waals surface area contributed by atoms with E-state index in [9.17, 15) is 9.18 Å². The first-order chi connectivity index (χ1) is 9.55. The molecule has 0 atom stereocenters. The molecular formula is C14H11BrFN3O. The van der Waals surface area contributed by atoms with Crippen LogP contribution in [0.25, 0.3) is 0 Å². The maximum absolute atomic E-state index is 13.7. The summed E-state index contributed by atoms with van der Waals surface area (Å²) < 4.78 is 16.3. The molecule has 1 aromatic carbocycles. The highest BCUT2D eigenvalue weighted by molar-refractivity contribution is 9.10. The van der Waals surface area contributed by atoms with Crippen LogP contribution in [0.15, 0.2) is 34.9 Å². The molecule has 0 fully saturated rings. The van der Waals surface area contributed by atoms with Crippen LogP contribution < -0.4 is 5.32 Å². The van der Waals surface area contributed by atoms with Gasteiger partial charge in [0, 0.05) is 17.2 Å². The number of aromatic nitrogens is 1. The van der Waals surface area contributed by atoms with E-state index in [4.69, 9.17) is 5.26 Å². The summed E-state index contributed by atoms with van der Waals surface area (Å²) in [6, 6.07) is 7.42. The van der Waals surface area contributed by atoms with Crippen molar-refractivity contribution in [3.8, 4) is 6.07 Å². The fourth-order valence-electron chi connectivity index (χ4n) is 1.80. The summed E-state index contributed by atoms with van der Waals surface area (Å²) in [5.41, 5.74) is 0.692. The molecule has 6 heteroatoms. The smallest absolute Gasteiger partial charge is 0.272 e. The summed E-state index contributed by atoms with van der Waals surface area (Å²) in [4.78, 5) is 12.1. The Morgan fingerprint density at radius 3 is 2.85 bits per heavy atom. The number of halogens is 2. The van der Waals surface area contributed by atoms with E-state index in [1.165, 1.54) is 12.1 Å². The third kappa shape index (κ3) is 2.89. The Morgan fingerprint density at radius 1 is 1.50 bits per heavy atom. The van der Waals surface area contributed by atoms with Crippen LogP contribution in [0.2, 0.25) is 0 Å². The van der Waals surface area contributed by atoms with Crippen LogP contribution in [-0.4, -0.2) is 10.5 Å². The molecule has 0 bridgehead atoms. The third-order valence-electron chi connectivity index (χ3n) is 2.78. The van der Waals surface area contributed by atoms with E-state index in [2.05, 4.69) is 21.2 Å². The summed E-state index contributed by atoms with van der Waals surface area (Å²) >= 11 is 3.30. The molecule has 1 amide bonds. The average Bonchev–Trinajstić information content (AvgIpc) is 2.82. The van der Waals surface area contributed by atoms with E-state index in [1.54, 1.807) is 16.8 Å². The van der Waals surface area contributed by atoms with Crippen molar-refractivity contribution in [2.24, 2.45) is 0 Å². The molecule has 20 heavy (non-hydrogen) atoms. The molecule has 0 aliphatic rings. The predicted molar refractivity (Wildman–Crippen MR) is 76.9 cm³/mol. The normalized spacial score (nSPS) is 10.1. The van der Waals surface area contributed by atoms with Gasteiger partial charge in [-0.05, 0) is 47.1 Å². The predicted octanol–water partition coefficient (Wildman–Crippen LogP) is 3.53. The minimum absolute atomic E-state index is 0.0500. The zero-order chi connectivity index (χ0) is 14.7. The van der Waals surface area contributed by atoms with Gasteiger partial charge in [-0.15, -0.1) is 0 Å². The molecule has 1 N–H and O–H groups in total. The zero-order valence-corrected chi connectivity index (χ0v) is 12.2. The summed E-state index contributed by atoms with van der Waals surface area (Å²) in [6.45, 7) is 2.54. The number of amides is 1. The number of aryl methyl sites for hydroxylation is 1. The topological polar surface area (TPSA) is 57.8 Å². The van der Waals surface area contributed by atoms with Gasteiger partial charge in [0.05, 0.1) is 17.3 Å². The second-order valence-corrected chi connectivity index (χ2v) is 5.01. The molecule has 0 aliphatic carbocycles. The van der Waals surface area contributed by atoms with Gasteiger partial charge in [-0.2, -0.15) is 5.26 Å². The van der Waals surface area contributed by atoms with Gasteiger partial charge in [0.2, 0.25) is 0 Å². The van der Waals surface area contributed by atoms with Gasteiger partial charge in [-0.1, -0.05) is 0 Å². The monoisotopic (exact) mass is 335 g/mol. The highest BCUT2D eigenvalue weighted by Crippen LogP contribution is 2.19. The molecule has 2 aromatic rings. The number of hydrogen-bond donors (Lipinski definition) is 1. The van der Waals surface area contributed by atoms with Crippen LogP contribution >= 0.6 is 15.9 Å². The number of nitrogens with zero attached hydrogens (tertiary/aromatic N) is 2. The molecular weight excluding hydrogens is 325 g/mol. The Hall–Kier alpha value is -2.13. The van der Waals surface area contributed by atoms with E-state index in [0.29, 0.717) is 12.2 Å². The second kappa shape index (κ2) is 5.88. The van der Waals surface area contributed by atoms with E-state index in [0.717, 1.165) is 10.5 Å². The van der Waals surface area contributed by atoms with Crippen LogP contribution in [0, 0.1) is 17.1 Å². The average molecular weight is 336 g/mol. The Kier molecular flexibility index (Phi) is 4.20. The lowest BCUT2D eigenvalue weighted by molar-refractivity contribution is 0.101. The minimum atomic E-state index is -0.633. The zero-order valence-electron chi connectivity index (χ0n) is 10.7. The van der Waals surface area contributed by atoms with E-state index >= 15 is 0 Å². The van der Waals surface area contributed by atoms with Crippen LogP contribution in [0.5, 0.6) is 0 Å². The fraction of sp³-hybridized carbons (Fsp3) is 0.143. The van der Waals surface area contributed by atoms with E-state index < -0.39 is 11.7 Å². The van der Waals surface area contributed by atoms with Gasteiger partial charge in [-0.3, -0.25) is 4.79 Å². The van der Waals surface area contributed by atoms with Crippen molar-refractivity contribution in [3.63, 3.8) is 0 Å². The first-order valence-corrected chi connectivity index (χ1v) is 6.71. The number of nitrogens with one attached hydrogen (secondary N) is 1. The van der Waals surface area contributed by atoms with Crippen LogP contribution in [0.4, 0.5) is 10.1 Å². The SMILES string of the molecule is CCn1cc(Br)cc1C(=O)Nc1ccc(C#N)cc1F. The van der Waals surface area contributed by atoms with Gasteiger partial charge in [0.15, 0.2) is 0 Å². The molecule has 4 nitrogen and oxygen atoms in total. The molecule has 0 unspecified atom stereocenters. The highest BCUT2D eigenvalue weighted by atomic mass is 79.9. The number of nitriles is 1. The van der Waals surface area contributed by atoms with Crippen molar-refractivity contribution in [1.82, 2.24) is 4.57 Å². The molecule has 0 radical (unpaired) electrons. The second-order valence-electron chi connectivity index (χ2n) is 4.09. The number of anilines is 1. The summed E-state index contributed by atoms with van der Waals surface area (Å²) in [7, 11) is 0. The standard InChI is InChI=1S/C14H11BrFN3O/c1-2-19-8-10(15)6-13(19)14(20)18-12-4-3-9(7-17)5-11(12)16/h3-6,8H,2H2,1H3,(H,18,20). The molecule has 0 saturated carbocycles. The van der Waals surface area contributed by atoms with Gasteiger partial charge < -0.3 is 9.88 Å². The third-order valence-corrected chi connectivity index (χ3v) is 3.22. The first kappa shape index (κ1) is 14.3. The lowest BCUT2D eigenvalue weighted by Crippen LogP contribution is -2.17. The summed E-state index contributed by atoms with van der Waals surface area (Å²) in [5.74, 6) is -1.03. The first-order valence-electron chi connectivity index (χ1n) is 5.91. The largest absolute Gasteiger partial charge is 0.343 e. The molecule has 0 saturated heterocycles. The molecule has 1 heterocycles. The van der Waals surface area contributed by atoms with Crippen molar-refractivity contribution in [3.05, 3.63) is 52.0 Å². The van der Waals surface area contributed by atoms with Crippen molar-refractivity contribution in [2.45, 2.75) is 13.5 Å². The van der Waals surface area contributed by atoms with Gasteiger partial charge >= 0.3 is 0 Å². The van der Waals surface area contributed by atoms with Crippen molar-refractivity contribution in [2.75, 3.05) is 5.32 Å². The Morgan fingerprint density at radius 2 is 2.25 bits per heavy atom. The van der Waals surface area contributed by atoms with Crippen LogP contribution in [-0.2, 0) is 6.54 Å². The number of carbonyl (C=O) groups is 1. The number of rotatable bonds is 3. The molecule has 1 aromatic heterocycles. The Balaban J connectivity index is 2.26. The Labute approximate surface area is 124 Å². The van der Waals surface area contributed by atoms with Crippen molar-refractivity contribution >= 4 is 27.5 Å². The minimum Gasteiger partial charge on any atom is -0.343 e. The summed E-state index contributed by atoms with van der Waals surface area (Å²) in [6.07, 6.45) is 1.78. The molecule has 0 spiro atoms. The van der Waals surface area contributed by atoms with Gasteiger partial charge in [0.25, 0.3) is 5.91 Å². The molecule has 102 valence electrons. The lowest BCUT2D eigenvalue weighted by Gasteiger charge is -2.08. The van der Waals surface area contributed by atoms with Crippen LogP contribution in [0.3, 0.4) is 0 Å². The summed E-state index contributed by atoms with van der Waals surface area (Å²) in [5, 5.41) is 11.2. The molecule has 0 aliphatic heterocycles.